The third-order valence-electron chi connectivity index (χ3n) is 1.71. The van der Waals surface area contributed by atoms with Gasteiger partial charge < -0.3 is 23.6 Å². The van der Waals surface area contributed by atoms with Crippen molar-refractivity contribution in [1.29, 1.82) is 0 Å². The Morgan fingerprint density at radius 2 is 1.28 bits per heavy atom. The van der Waals surface area contributed by atoms with Gasteiger partial charge in [0.15, 0.2) is 0 Å². The van der Waals surface area contributed by atoms with E-state index in [0.717, 1.165) is 12.8 Å². The van der Waals surface area contributed by atoms with Crippen LogP contribution in [-0.2, 0) is 11.8 Å². The summed E-state index contributed by atoms with van der Waals surface area (Å²) in [5, 5.41) is 0. The van der Waals surface area contributed by atoms with Crippen LogP contribution in [-0.4, -0.2) is 47.5 Å². The number of unbranched alkanes of at least 4 members (excludes halogenated alkanes) is 6. The van der Waals surface area contributed by atoms with Crippen LogP contribution in [0.4, 0.5) is 0 Å². The molecule has 0 rings (SSSR count). The first-order chi connectivity index (χ1) is 7.83. The van der Waals surface area contributed by atoms with Crippen molar-refractivity contribution in [3.8, 4) is 0 Å². The maximum Gasteiger partial charge on any atom is 2.00 e. The van der Waals surface area contributed by atoms with Crippen LogP contribution in [0.1, 0.15) is 65.2 Å². The van der Waals surface area contributed by atoms with Gasteiger partial charge in [-0.25, -0.2) is 0 Å². The van der Waals surface area contributed by atoms with E-state index in [1.54, 1.807) is 0 Å². The summed E-state index contributed by atoms with van der Waals surface area (Å²) >= 11 is 7.07. The largest absolute Gasteiger partial charge is 2.00 e. The van der Waals surface area contributed by atoms with E-state index in [0.29, 0.717) is 0 Å². The standard InChI is InChI=1S/C8H17.C4H9.Ca.H3O2PS2/c1-3-5-7-8-6-4-2;1-3-4-2;;1-3(2,4)5/h1,3-8H2,2H3;1,3-4H2,2H3;;(H3,1,2,4,5)/q2*-1;+2;. The summed E-state index contributed by atoms with van der Waals surface area (Å²) in [7, 11) is 0. The SMILES string of the molecule is OP(O)(=S)S.[CH2-]CCC.[CH2-]CCCCCCC.[Ca+2]. The summed E-state index contributed by atoms with van der Waals surface area (Å²) in [5.74, 6) is 0. The Labute approximate surface area is 155 Å². The predicted octanol–water partition coefficient (Wildman–Crippen LogP) is 4.55. The first kappa shape index (κ1) is 28.4. The summed E-state index contributed by atoms with van der Waals surface area (Å²) in [6, 6.07) is 0. The molecule has 6 heteroatoms. The van der Waals surface area contributed by atoms with Crippen LogP contribution in [0.5, 0.6) is 0 Å². The van der Waals surface area contributed by atoms with Gasteiger partial charge in [0.1, 0.15) is 0 Å². The second-order valence-electron chi connectivity index (χ2n) is 3.63. The minimum atomic E-state index is -3.11. The minimum Gasteiger partial charge on any atom is -0.343 e. The molecule has 0 aromatic rings. The second-order valence-corrected chi connectivity index (χ2v) is 8.67. The Kier molecular flexibility index (Phi) is 38.1. The molecular weight excluding hydrogens is 311 g/mol. The van der Waals surface area contributed by atoms with Gasteiger partial charge in [-0.2, -0.15) is 12.8 Å². The van der Waals surface area contributed by atoms with Crippen molar-refractivity contribution < 1.29 is 9.79 Å². The van der Waals surface area contributed by atoms with Crippen molar-refractivity contribution in [3.63, 3.8) is 0 Å². The fourth-order valence-electron chi connectivity index (χ4n) is 0.780. The number of rotatable bonds is 6. The zero-order valence-electron chi connectivity index (χ0n) is 12.0. The molecule has 0 radical (unpaired) electrons. The monoisotopic (exact) mass is 340 g/mol. The quantitative estimate of drug-likeness (QED) is 0.218. The maximum absolute atomic E-state index is 7.87. The summed E-state index contributed by atoms with van der Waals surface area (Å²) in [5.41, 5.74) is -3.11. The summed E-state index contributed by atoms with van der Waals surface area (Å²) in [6.07, 6.45) is 10.3. The molecule has 0 spiro atoms. The molecule has 2 nitrogen and oxygen atoms in total. The van der Waals surface area contributed by atoms with Crippen molar-refractivity contribution in [1.82, 2.24) is 0 Å². The number of hydrogen-bond donors (Lipinski definition) is 3. The van der Waals surface area contributed by atoms with Crippen LogP contribution >= 0.6 is 17.9 Å². The number of thiol groups is 1. The molecule has 0 saturated heterocycles. The van der Waals surface area contributed by atoms with Crippen LogP contribution in [0.3, 0.4) is 0 Å². The molecule has 0 aliphatic carbocycles. The van der Waals surface area contributed by atoms with Gasteiger partial charge in [-0.05, 0) is 11.8 Å². The average Bonchev–Trinajstić information content (AvgIpc) is 2.23. The van der Waals surface area contributed by atoms with Crippen molar-refractivity contribution in [2.75, 3.05) is 0 Å². The Bertz CT molecular complexity index is 150. The smallest absolute Gasteiger partial charge is 0.343 e. The van der Waals surface area contributed by atoms with Crippen molar-refractivity contribution in [2.45, 2.75) is 65.2 Å². The molecule has 0 aromatic carbocycles. The molecular formula is C12H29CaO2PS2. The van der Waals surface area contributed by atoms with E-state index in [1.807, 2.05) is 0 Å². The normalized spacial score (nSPS) is 9.28. The predicted molar refractivity (Wildman–Crippen MR) is 92.5 cm³/mol. The molecule has 0 unspecified atom stereocenters. The Morgan fingerprint density at radius 1 is 0.944 bits per heavy atom. The Balaban J connectivity index is -0.0000000855. The average molecular weight is 341 g/mol. The molecule has 0 bridgehead atoms. The van der Waals surface area contributed by atoms with E-state index in [-0.39, 0.29) is 37.7 Å². The fourth-order valence-corrected chi connectivity index (χ4v) is 0.780. The van der Waals surface area contributed by atoms with Gasteiger partial charge in [-0.3, -0.25) is 0 Å². The van der Waals surface area contributed by atoms with Crippen LogP contribution in [0.25, 0.3) is 0 Å². The third-order valence-corrected chi connectivity index (χ3v) is 1.71. The first-order valence-corrected chi connectivity index (χ1v) is 10.1. The van der Waals surface area contributed by atoms with Gasteiger partial charge >= 0.3 is 37.7 Å². The van der Waals surface area contributed by atoms with Gasteiger partial charge in [-0.1, -0.05) is 64.6 Å². The van der Waals surface area contributed by atoms with E-state index in [1.165, 1.54) is 38.5 Å². The Morgan fingerprint density at radius 3 is 1.50 bits per heavy atom. The van der Waals surface area contributed by atoms with Crippen molar-refractivity contribution >= 4 is 67.5 Å². The zero-order valence-corrected chi connectivity index (χ0v) is 16.8. The molecule has 108 valence electrons. The van der Waals surface area contributed by atoms with Gasteiger partial charge in [0, 0.05) is 0 Å². The van der Waals surface area contributed by atoms with Crippen LogP contribution < -0.4 is 0 Å². The van der Waals surface area contributed by atoms with E-state index in [4.69, 9.17) is 9.79 Å². The summed E-state index contributed by atoms with van der Waals surface area (Å²) in [4.78, 5) is 15.7. The van der Waals surface area contributed by atoms with Crippen molar-refractivity contribution in [2.24, 2.45) is 0 Å². The van der Waals surface area contributed by atoms with Crippen LogP contribution in [0, 0.1) is 13.8 Å². The van der Waals surface area contributed by atoms with Crippen molar-refractivity contribution in [3.05, 3.63) is 13.8 Å². The van der Waals surface area contributed by atoms with Crippen LogP contribution in [0.2, 0.25) is 0 Å². The van der Waals surface area contributed by atoms with E-state index in [2.05, 4.69) is 51.8 Å². The number of hydrogen-bond acceptors (Lipinski definition) is 1. The maximum atomic E-state index is 7.87. The molecule has 0 saturated carbocycles. The first-order valence-electron chi connectivity index (χ1n) is 6.20. The molecule has 0 aliphatic heterocycles. The van der Waals surface area contributed by atoms with E-state index in [9.17, 15) is 0 Å². The summed E-state index contributed by atoms with van der Waals surface area (Å²) in [6.45, 7) is 11.7. The molecule has 2 N–H and O–H groups in total. The molecule has 0 amide bonds. The van der Waals surface area contributed by atoms with Crippen LogP contribution in [0.15, 0.2) is 0 Å². The van der Waals surface area contributed by atoms with E-state index < -0.39 is 5.69 Å². The minimum absolute atomic E-state index is 0. The van der Waals surface area contributed by atoms with Gasteiger partial charge in [0.25, 0.3) is 0 Å². The third kappa shape index (κ3) is 80.2. The van der Waals surface area contributed by atoms with Gasteiger partial charge in [-0.15, -0.1) is 0 Å². The molecule has 0 aromatic heterocycles. The summed E-state index contributed by atoms with van der Waals surface area (Å²) < 4.78 is 0. The fraction of sp³-hybridized carbons (Fsp3) is 0.833. The van der Waals surface area contributed by atoms with Gasteiger partial charge in [0.2, 0.25) is 5.69 Å². The van der Waals surface area contributed by atoms with E-state index >= 15 is 0 Å². The topological polar surface area (TPSA) is 40.5 Å². The molecule has 0 fully saturated rings. The zero-order chi connectivity index (χ0) is 14.2. The molecule has 0 heterocycles. The van der Waals surface area contributed by atoms with Gasteiger partial charge in [0.05, 0.1) is 0 Å². The second kappa shape index (κ2) is 24.2. The molecule has 0 atom stereocenters. The molecule has 18 heavy (non-hydrogen) atoms. The molecule has 0 aliphatic rings. The Hall–Kier alpha value is 2.18.